The molecule has 0 atom stereocenters. The predicted octanol–water partition coefficient (Wildman–Crippen LogP) is 3.07. The fourth-order valence-corrected chi connectivity index (χ4v) is 3.31. The molecule has 9 nitrogen and oxygen atoms in total. The minimum atomic E-state index is -0.397. The molecule has 0 aliphatic rings. The number of nitrogens with one attached hydrogen (secondary N) is 2. The van der Waals surface area contributed by atoms with Crippen LogP contribution in [0, 0.1) is 0 Å². The molecule has 0 aliphatic carbocycles. The van der Waals surface area contributed by atoms with Crippen molar-refractivity contribution in [1.82, 2.24) is 19.6 Å². The summed E-state index contributed by atoms with van der Waals surface area (Å²) in [6.45, 7) is 11.1. The molecule has 0 aliphatic heterocycles. The minimum absolute atomic E-state index is 0.0522. The third kappa shape index (κ3) is 4.82. The highest BCUT2D eigenvalue weighted by Crippen LogP contribution is 2.24. The standard InChI is InChI=1S/C22H28N6O3/c1-13(2)19-17-11-23-28(22(4,5)6)20(17)21(31)27(26-19)12-18(30)25-16-9-7-15(8-10-16)24-14(3)29/h7-11,13H,12H2,1-6H3,(H,24,29)(H,25,30). The molecule has 0 saturated heterocycles. The summed E-state index contributed by atoms with van der Waals surface area (Å²) in [6.07, 6.45) is 1.67. The Morgan fingerprint density at radius 1 is 1.06 bits per heavy atom. The lowest BCUT2D eigenvalue weighted by molar-refractivity contribution is -0.117. The van der Waals surface area contributed by atoms with E-state index in [9.17, 15) is 14.4 Å². The number of aromatic nitrogens is 4. The monoisotopic (exact) mass is 424 g/mol. The maximum Gasteiger partial charge on any atom is 0.293 e. The summed E-state index contributed by atoms with van der Waals surface area (Å²) >= 11 is 0. The predicted molar refractivity (Wildman–Crippen MR) is 120 cm³/mol. The van der Waals surface area contributed by atoms with Crippen LogP contribution in [-0.2, 0) is 21.7 Å². The Morgan fingerprint density at radius 3 is 2.16 bits per heavy atom. The van der Waals surface area contributed by atoms with Gasteiger partial charge < -0.3 is 10.6 Å². The number of nitrogens with zero attached hydrogens (tertiary/aromatic N) is 4. The number of fused-ring (bicyclic) bond motifs is 1. The second kappa shape index (κ2) is 8.33. The van der Waals surface area contributed by atoms with E-state index in [1.807, 2.05) is 34.6 Å². The average Bonchev–Trinajstić information content (AvgIpc) is 3.11. The van der Waals surface area contributed by atoms with Gasteiger partial charge in [-0.1, -0.05) is 13.8 Å². The molecule has 0 unspecified atom stereocenters. The first-order valence-electron chi connectivity index (χ1n) is 10.1. The molecule has 2 amide bonds. The van der Waals surface area contributed by atoms with Gasteiger partial charge in [-0.25, -0.2) is 4.68 Å². The quantitative estimate of drug-likeness (QED) is 0.654. The van der Waals surface area contributed by atoms with Crippen LogP contribution < -0.4 is 16.2 Å². The van der Waals surface area contributed by atoms with Crippen molar-refractivity contribution in [3.8, 4) is 0 Å². The molecule has 31 heavy (non-hydrogen) atoms. The van der Waals surface area contributed by atoms with Crippen LogP contribution in [0.15, 0.2) is 35.3 Å². The van der Waals surface area contributed by atoms with Gasteiger partial charge in [0.2, 0.25) is 11.8 Å². The van der Waals surface area contributed by atoms with E-state index in [0.29, 0.717) is 22.3 Å². The van der Waals surface area contributed by atoms with Gasteiger partial charge in [-0.3, -0.25) is 19.1 Å². The van der Waals surface area contributed by atoms with E-state index in [1.54, 1.807) is 35.1 Å². The number of anilines is 2. The first kappa shape index (κ1) is 22.2. The summed E-state index contributed by atoms with van der Waals surface area (Å²) in [7, 11) is 0. The molecule has 3 aromatic rings. The van der Waals surface area contributed by atoms with Crippen molar-refractivity contribution >= 4 is 34.1 Å². The summed E-state index contributed by atoms with van der Waals surface area (Å²) in [5, 5.41) is 15.0. The number of carbonyl (C=O) groups is 2. The van der Waals surface area contributed by atoms with E-state index >= 15 is 0 Å². The Bertz CT molecular complexity index is 1180. The van der Waals surface area contributed by atoms with Gasteiger partial charge in [-0.15, -0.1) is 0 Å². The molecule has 2 heterocycles. The highest BCUT2D eigenvalue weighted by Gasteiger charge is 2.24. The maximum absolute atomic E-state index is 13.2. The summed E-state index contributed by atoms with van der Waals surface area (Å²) in [6, 6.07) is 6.73. The molecule has 164 valence electrons. The average molecular weight is 425 g/mol. The van der Waals surface area contributed by atoms with Crippen LogP contribution in [0.2, 0.25) is 0 Å². The first-order chi connectivity index (χ1) is 14.5. The molecule has 0 fully saturated rings. The van der Waals surface area contributed by atoms with Crippen LogP contribution in [0.5, 0.6) is 0 Å². The zero-order valence-corrected chi connectivity index (χ0v) is 18.7. The summed E-state index contributed by atoms with van der Waals surface area (Å²) in [5.74, 6) is -0.498. The van der Waals surface area contributed by atoms with E-state index in [0.717, 1.165) is 5.69 Å². The van der Waals surface area contributed by atoms with Crippen LogP contribution >= 0.6 is 0 Å². The number of amides is 2. The van der Waals surface area contributed by atoms with Gasteiger partial charge in [0.15, 0.2) is 0 Å². The van der Waals surface area contributed by atoms with Gasteiger partial charge >= 0.3 is 0 Å². The van der Waals surface area contributed by atoms with Gasteiger partial charge in [-0.2, -0.15) is 10.2 Å². The van der Waals surface area contributed by atoms with E-state index in [4.69, 9.17) is 0 Å². The number of rotatable bonds is 5. The van der Waals surface area contributed by atoms with Crippen molar-refractivity contribution < 1.29 is 9.59 Å². The third-order valence-electron chi connectivity index (χ3n) is 4.68. The van der Waals surface area contributed by atoms with Crippen LogP contribution in [0.4, 0.5) is 11.4 Å². The second-order valence-electron chi connectivity index (χ2n) is 8.80. The molecule has 2 aromatic heterocycles. The lowest BCUT2D eigenvalue weighted by atomic mass is 10.1. The summed E-state index contributed by atoms with van der Waals surface area (Å²) < 4.78 is 2.88. The Hall–Kier alpha value is -3.49. The zero-order chi connectivity index (χ0) is 22.9. The SMILES string of the molecule is CC(=O)Nc1ccc(NC(=O)Cn2nc(C(C)C)c3cnn(C(C)(C)C)c3c2=O)cc1. The van der Waals surface area contributed by atoms with Crippen LogP contribution in [-0.4, -0.2) is 31.4 Å². The van der Waals surface area contributed by atoms with Crippen molar-refractivity contribution in [2.75, 3.05) is 10.6 Å². The normalized spacial score (nSPS) is 11.7. The molecule has 2 N–H and O–H groups in total. The van der Waals surface area contributed by atoms with Crippen LogP contribution in [0.25, 0.3) is 10.9 Å². The minimum Gasteiger partial charge on any atom is -0.326 e. The van der Waals surface area contributed by atoms with Crippen molar-refractivity contribution in [2.45, 2.75) is 59.5 Å². The molecule has 3 rings (SSSR count). The van der Waals surface area contributed by atoms with E-state index in [1.165, 1.54) is 11.6 Å². The molecule has 0 saturated carbocycles. The van der Waals surface area contributed by atoms with Crippen molar-refractivity contribution in [1.29, 1.82) is 0 Å². The first-order valence-corrected chi connectivity index (χ1v) is 10.1. The Labute approximate surface area is 180 Å². The molecular formula is C22H28N6O3. The zero-order valence-electron chi connectivity index (χ0n) is 18.7. The summed E-state index contributed by atoms with van der Waals surface area (Å²) in [4.78, 5) is 36.9. The van der Waals surface area contributed by atoms with E-state index < -0.39 is 5.54 Å². The van der Waals surface area contributed by atoms with Crippen molar-refractivity contribution in [3.05, 3.63) is 46.5 Å². The fraction of sp³-hybridized carbons (Fsp3) is 0.409. The highest BCUT2D eigenvalue weighted by atomic mass is 16.2. The van der Waals surface area contributed by atoms with Crippen molar-refractivity contribution in [3.63, 3.8) is 0 Å². The number of hydrogen-bond donors (Lipinski definition) is 2. The lowest BCUT2D eigenvalue weighted by Crippen LogP contribution is -2.34. The Morgan fingerprint density at radius 2 is 1.65 bits per heavy atom. The molecule has 9 heteroatoms. The van der Waals surface area contributed by atoms with Gasteiger partial charge in [0.1, 0.15) is 12.1 Å². The van der Waals surface area contributed by atoms with Crippen LogP contribution in [0.3, 0.4) is 0 Å². The molecule has 1 aromatic carbocycles. The molecule has 0 bridgehead atoms. The molecular weight excluding hydrogens is 396 g/mol. The topological polar surface area (TPSA) is 111 Å². The number of hydrogen-bond acceptors (Lipinski definition) is 5. The van der Waals surface area contributed by atoms with Gasteiger partial charge in [0.25, 0.3) is 5.56 Å². The van der Waals surface area contributed by atoms with Gasteiger partial charge in [0, 0.05) is 23.7 Å². The highest BCUT2D eigenvalue weighted by molar-refractivity contribution is 5.92. The number of benzene rings is 1. The largest absolute Gasteiger partial charge is 0.326 e. The molecule has 0 radical (unpaired) electrons. The van der Waals surface area contributed by atoms with Crippen molar-refractivity contribution in [2.24, 2.45) is 0 Å². The molecule has 0 spiro atoms. The summed E-state index contributed by atoms with van der Waals surface area (Å²) in [5.41, 5.74) is 1.59. The van der Waals surface area contributed by atoms with Gasteiger partial charge in [0.05, 0.1) is 17.4 Å². The third-order valence-corrected chi connectivity index (χ3v) is 4.68. The van der Waals surface area contributed by atoms with E-state index in [2.05, 4.69) is 20.8 Å². The van der Waals surface area contributed by atoms with Crippen LogP contribution in [0.1, 0.15) is 53.2 Å². The second-order valence-corrected chi connectivity index (χ2v) is 8.80. The number of carbonyl (C=O) groups excluding carboxylic acids is 2. The fourth-order valence-electron chi connectivity index (χ4n) is 3.31. The lowest BCUT2D eigenvalue weighted by Gasteiger charge is -2.21. The smallest absolute Gasteiger partial charge is 0.293 e. The maximum atomic E-state index is 13.2. The van der Waals surface area contributed by atoms with Gasteiger partial charge in [-0.05, 0) is 51.0 Å². The Kier molecular flexibility index (Phi) is 5.97. The Balaban J connectivity index is 1.92. The van der Waals surface area contributed by atoms with E-state index in [-0.39, 0.29) is 29.8 Å².